The minimum atomic E-state index is 0.801. The van der Waals surface area contributed by atoms with Gasteiger partial charge < -0.3 is 4.90 Å². The van der Waals surface area contributed by atoms with Gasteiger partial charge in [-0.3, -0.25) is 0 Å². The Morgan fingerprint density at radius 2 is 2.12 bits per heavy atom. The Labute approximate surface area is 117 Å². The SMILES string of the molecule is CN(Cc1cccc(Br)c1)c1ncncc1Br. The van der Waals surface area contributed by atoms with E-state index in [0.717, 1.165) is 21.3 Å². The van der Waals surface area contributed by atoms with Crippen LogP contribution in [-0.2, 0) is 6.54 Å². The summed E-state index contributed by atoms with van der Waals surface area (Å²) < 4.78 is 1.99. The van der Waals surface area contributed by atoms with E-state index >= 15 is 0 Å². The van der Waals surface area contributed by atoms with Crippen LogP contribution in [0.25, 0.3) is 0 Å². The van der Waals surface area contributed by atoms with Gasteiger partial charge >= 0.3 is 0 Å². The molecule has 0 saturated carbocycles. The molecule has 0 amide bonds. The van der Waals surface area contributed by atoms with Crippen LogP contribution in [0, 0.1) is 0 Å². The summed E-state index contributed by atoms with van der Waals surface area (Å²) in [5, 5.41) is 0. The van der Waals surface area contributed by atoms with Crippen LogP contribution < -0.4 is 4.90 Å². The van der Waals surface area contributed by atoms with Gasteiger partial charge in [0.15, 0.2) is 0 Å². The predicted octanol–water partition coefficient (Wildman–Crippen LogP) is 3.64. The van der Waals surface area contributed by atoms with Crippen LogP contribution in [0.5, 0.6) is 0 Å². The van der Waals surface area contributed by atoms with E-state index in [-0.39, 0.29) is 0 Å². The van der Waals surface area contributed by atoms with Gasteiger partial charge in [0.1, 0.15) is 12.1 Å². The van der Waals surface area contributed by atoms with Crippen LogP contribution >= 0.6 is 31.9 Å². The van der Waals surface area contributed by atoms with E-state index in [9.17, 15) is 0 Å². The summed E-state index contributed by atoms with van der Waals surface area (Å²) in [5.74, 6) is 0.889. The maximum absolute atomic E-state index is 4.25. The standard InChI is InChI=1S/C12H11Br2N3/c1-17(12-11(14)6-15-8-16-12)7-9-3-2-4-10(13)5-9/h2-6,8H,7H2,1H3. The fourth-order valence-corrected chi connectivity index (χ4v) is 2.54. The summed E-state index contributed by atoms with van der Waals surface area (Å²) in [7, 11) is 2.01. The van der Waals surface area contributed by atoms with Gasteiger partial charge in [-0.15, -0.1) is 0 Å². The summed E-state index contributed by atoms with van der Waals surface area (Å²) >= 11 is 6.92. The molecule has 1 aromatic carbocycles. The Morgan fingerprint density at radius 3 is 2.82 bits per heavy atom. The van der Waals surface area contributed by atoms with E-state index in [1.807, 2.05) is 19.2 Å². The minimum Gasteiger partial charge on any atom is -0.354 e. The quantitative estimate of drug-likeness (QED) is 0.840. The van der Waals surface area contributed by atoms with Crippen molar-refractivity contribution < 1.29 is 0 Å². The van der Waals surface area contributed by atoms with Gasteiger partial charge in [0.25, 0.3) is 0 Å². The minimum absolute atomic E-state index is 0.801. The number of anilines is 1. The number of benzene rings is 1. The van der Waals surface area contributed by atoms with Crippen molar-refractivity contribution in [2.45, 2.75) is 6.54 Å². The lowest BCUT2D eigenvalue weighted by Crippen LogP contribution is -2.18. The maximum Gasteiger partial charge on any atom is 0.146 e. The van der Waals surface area contributed by atoms with E-state index < -0.39 is 0 Å². The highest BCUT2D eigenvalue weighted by atomic mass is 79.9. The third-order valence-corrected chi connectivity index (χ3v) is 3.37. The smallest absolute Gasteiger partial charge is 0.146 e. The van der Waals surface area contributed by atoms with E-state index in [1.165, 1.54) is 5.56 Å². The highest BCUT2D eigenvalue weighted by molar-refractivity contribution is 9.10. The predicted molar refractivity (Wildman–Crippen MR) is 76.0 cm³/mol. The Hall–Kier alpha value is -0.940. The van der Waals surface area contributed by atoms with Gasteiger partial charge in [-0.05, 0) is 33.6 Å². The molecule has 0 spiro atoms. The lowest BCUT2D eigenvalue weighted by molar-refractivity contribution is 0.885. The van der Waals surface area contributed by atoms with Crippen LogP contribution in [0.1, 0.15) is 5.56 Å². The first-order chi connectivity index (χ1) is 8.16. The molecule has 0 fully saturated rings. The van der Waals surface area contributed by atoms with E-state index in [0.29, 0.717) is 0 Å². The molecule has 0 aliphatic rings. The summed E-state index contributed by atoms with van der Waals surface area (Å²) in [6.45, 7) is 0.801. The van der Waals surface area contributed by atoms with E-state index in [2.05, 4.69) is 58.9 Å². The fourth-order valence-electron chi connectivity index (χ4n) is 1.57. The van der Waals surface area contributed by atoms with Crippen LogP contribution in [0.2, 0.25) is 0 Å². The Bertz CT molecular complexity index is 517. The second-order valence-electron chi connectivity index (χ2n) is 3.68. The Morgan fingerprint density at radius 1 is 1.29 bits per heavy atom. The third kappa shape index (κ3) is 3.26. The molecule has 0 atom stereocenters. The first-order valence-electron chi connectivity index (χ1n) is 5.08. The van der Waals surface area contributed by atoms with Crippen molar-refractivity contribution in [3.05, 3.63) is 51.3 Å². The highest BCUT2D eigenvalue weighted by Crippen LogP contribution is 2.22. The number of aromatic nitrogens is 2. The molecule has 2 rings (SSSR count). The third-order valence-electron chi connectivity index (χ3n) is 2.32. The van der Waals surface area contributed by atoms with Crippen molar-refractivity contribution in [2.24, 2.45) is 0 Å². The molecule has 0 N–H and O–H groups in total. The molecule has 2 aromatic rings. The average Bonchev–Trinajstić information content (AvgIpc) is 2.29. The first kappa shape index (κ1) is 12.5. The summed E-state index contributed by atoms with van der Waals surface area (Å²) in [6, 6.07) is 8.24. The number of nitrogens with zero attached hydrogens (tertiary/aromatic N) is 3. The highest BCUT2D eigenvalue weighted by Gasteiger charge is 2.07. The molecule has 0 aliphatic carbocycles. The largest absolute Gasteiger partial charge is 0.354 e. The summed E-state index contributed by atoms with van der Waals surface area (Å²) in [5.41, 5.74) is 1.23. The van der Waals surface area contributed by atoms with E-state index in [4.69, 9.17) is 0 Å². The molecule has 0 aliphatic heterocycles. The Balaban J connectivity index is 2.17. The van der Waals surface area contributed by atoms with Gasteiger partial charge in [-0.25, -0.2) is 9.97 Å². The van der Waals surface area contributed by atoms with Crippen molar-refractivity contribution in [1.82, 2.24) is 9.97 Å². The van der Waals surface area contributed by atoms with Gasteiger partial charge in [0.05, 0.1) is 4.47 Å². The molecule has 1 heterocycles. The normalized spacial score (nSPS) is 10.3. The van der Waals surface area contributed by atoms with Gasteiger partial charge in [-0.1, -0.05) is 28.1 Å². The summed E-state index contributed by atoms with van der Waals surface area (Å²) in [6.07, 6.45) is 3.30. The number of halogens is 2. The number of rotatable bonds is 3. The monoisotopic (exact) mass is 355 g/mol. The van der Waals surface area contributed by atoms with Crippen molar-refractivity contribution in [3.63, 3.8) is 0 Å². The molecule has 88 valence electrons. The van der Waals surface area contributed by atoms with Crippen LogP contribution in [-0.4, -0.2) is 17.0 Å². The van der Waals surface area contributed by atoms with Crippen LogP contribution in [0.4, 0.5) is 5.82 Å². The molecular formula is C12H11Br2N3. The van der Waals surface area contributed by atoms with E-state index in [1.54, 1.807) is 12.5 Å². The first-order valence-corrected chi connectivity index (χ1v) is 6.66. The topological polar surface area (TPSA) is 29.0 Å². The molecular weight excluding hydrogens is 346 g/mol. The molecule has 0 bridgehead atoms. The molecule has 3 nitrogen and oxygen atoms in total. The van der Waals surface area contributed by atoms with Gasteiger partial charge in [0.2, 0.25) is 0 Å². The van der Waals surface area contributed by atoms with Gasteiger partial charge in [0, 0.05) is 24.3 Å². The molecule has 5 heteroatoms. The number of hydrogen-bond donors (Lipinski definition) is 0. The second kappa shape index (κ2) is 5.60. The van der Waals surface area contributed by atoms with Crippen molar-refractivity contribution in [3.8, 4) is 0 Å². The zero-order valence-electron chi connectivity index (χ0n) is 9.27. The van der Waals surface area contributed by atoms with Crippen molar-refractivity contribution in [1.29, 1.82) is 0 Å². The van der Waals surface area contributed by atoms with Crippen molar-refractivity contribution >= 4 is 37.7 Å². The lowest BCUT2D eigenvalue weighted by atomic mass is 10.2. The Kier molecular flexibility index (Phi) is 4.12. The molecule has 0 radical (unpaired) electrons. The molecule has 1 aromatic heterocycles. The zero-order valence-corrected chi connectivity index (χ0v) is 12.4. The lowest BCUT2D eigenvalue weighted by Gasteiger charge is -2.19. The maximum atomic E-state index is 4.25. The van der Waals surface area contributed by atoms with Gasteiger partial charge in [-0.2, -0.15) is 0 Å². The number of hydrogen-bond acceptors (Lipinski definition) is 3. The van der Waals surface area contributed by atoms with Crippen LogP contribution in [0.3, 0.4) is 0 Å². The zero-order chi connectivity index (χ0) is 12.3. The molecule has 0 unspecified atom stereocenters. The second-order valence-corrected chi connectivity index (χ2v) is 5.45. The van der Waals surface area contributed by atoms with Crippen molar-refractivity contribution in [2.75, 3.05) is 11.9 Å². The average molecular weight is 357 g/mol. The molecule has 17 heavy (non-hydrogen) atoms. The summed E-state index contributed by atoms with van der Waals surface area (Å²) in [4.78, 5) is 10.3. The van der Waals surface area contributed by atoms with Crippen LogP contribution in [0.15, 0.2) is 45.7 Å². The fraction of sp³-hybridized carbons (Fsp3) is 0.167. The molecule has 0 saturated heterocycles.